The van der Waals surface area contributed by atoms with Crippen molar-refractivity contribution in [2.24, 2.45) is 5.73 Å². The van der Waals surface area contributed by atoms with Crippen molar-refractivity contribution in [2.75, 3.05) is 7.05 Å². The molecule has 8 heteroatoms. The van der Waals surface area contributed by atoms with E-state index in [1.165, 1.54) is 0 Å². The van der Waals surface area contributed by atoms with Gasteiger partial charge in [-0.15, -0.1) is 0 Å². The number of nitrogens with zero attached hydrogens (tertiary/aromatic N) is 1. The van der Waals surface area contributed by atoms with Crippen LogP contribution in [0.2, 0.25) is 0 Å². The Morgan fingerprint density at radius 3 is 2.11 bits per heavy atom. The minimum atomic E-state index is -4.85. The average molecular weight is 268 g/mol. The molecule has 0 saturated heterocycles. The van der Waals surface area contributed by atoms with Crippen molar-refractivity contribution >= 4 is 12.0 Å². The number of carbonyl (C=O) groups excluding carboxylic acids is 2. The van der Waals surface area contributed by atoms with Gasteiger partial charge in [-0.05, 0) is 25.7 Å². The number of hydrogen-bond donors (Lipinski definition) is 1. The van der Waals surface area contributed by atoms with Gasteiger partial charge in [0.1, 0.15) is 6.10 Å². The zero-order chi connectivity index (χ0) is 13.9. The highest BCUT2D eigenvalue weighted by Gasteiger charge is 2.43. The summed E-state index contributed by atoms with van der Waals surface area (Å²) >= 11 is 0. The molecular formula is C10H15F3N2O3. The van der Waals surface area contributed by atoms with Crippen LogP contribution in [0.3, 0.4) is 0 Å². The maximum Gasteiger partial charge on any atom is 0.471 e. The molecule has 1 aliphatic carbocycles. The highest BCUT2D eigenvalue weighted by Crippen LogP contribution is 2.27. The Bertz CT molecular complexity index is 325. The van der Waals surface area contributed by atoms with Gasteiger partial charge in [-0.1, -0.05) is 0 Å². The second-order valence-electron chi connectivity index (χ2n) is 4.28. The number of carbonyl (C=O) groups is 2. The first-order chi connectivity index (χ1) is 8.21. The van der Waals surface area contributed by atoms with Gasteiger partial charge in [-0.25, -0.2) is 4.79 Å². The van der Waals surface area contributed by atoms with Crippen molar-refractivity contribution < 1.29 is 27.5 Å². The number of halogens is 3. The molecule has 18 heavy (non-hydrogen) atoms. The Kier molecular flexibility index (Phi) is 4.42. The lowest BCUT2D eigenvalue weighted by Gasteiger charge is -2.34. The number of ether oxygens (including phenoxy) is 1. The van der Waals surface area contributed by atoms with Gasteiger partial charge >= 0.3 is 18.2 Å². The fourth-order valence-corrected chi connectivity index (χ4v) is 2.08. The van der Waals surface area contributed by atoms with E-state index in [0.29, 0.717) is 30.6 Å². The van der Waals surface area contributed by atoms with Crippen LogP contribution in [0.1, 0.15) is 25.7 Å². The molecule has 1 rings (SSSR count). The first-order valence-corrected chi connectivity index (χ1v) is 5.52. The fraction of sp³-hybridized carbons (Fsp3) is 0.800. The molecule has 0 aromatic rings. The summed E-state index contributed by atoms with van der Waals surface area (Å²) in [6, 6.07) is -0.480. The van der Waals surface area contributed by atoms with E-state index in [1.807, 2.05) is 0 Å². The first-order valence-electron chi connectivity index (χ1n) is 5.52. The van der Waals surface area contributed by atoms with Crippen molar-refractivity contribution in [1.29, 1.82) is 0 Å². The van der Waals surface area contributed by atoms with Crippen LogP contribution in [0.25, 0.3) is 0 Å². The molecule has 0 heterocycles. The standard InChI is InChI=1S/C10H15F3N2O3/c1-15(8(16)10(11,12)13)6-2-4-7(5-3-6)18-9(14)17/h6-7H,2-5H2,1H3,(H2,14,17). The van der Waals surface area contributed by atoms with Crippen LogP contribution in [0.4, 0.5) is 18.0 Å². The van der Waals surface area contributed by atoms with Gasteiger partial charge < -0.3 is 15.4 Å². The summed E-state index contributed by atoms with van der Waals surface area (Å²) in [5.41, 5.74) is 4.85. The minimum absolute atomic E-state index is 0.357. The maximum absolute atomic E-state index is 12.2. The molecule has 0 unspecified atom stereocenters. The van der Waals surface area contributed by atoms with Crippen molar-refractivity contribution in [1.82, 2.24) is 4.90 Å². The molecule has 0 bridgehead atoms. The van der Waals surface area contributed by atoms with E-state index < -0.39 is 24.2 Å². The van der Waals surface area contributed by atoms with Crippen LogP contribution in [0.15, 0.2) is 0 Å². The lowest BCUT2D eigenvalue weighted by Crippen LogP contribution is -2.46. The monoisotopic (exact) mass is 268 g/mol. The van der Waals surface area contributed by atoms with Gasteiger partial charge in [0.05, 0.1) is 0 Å². The summed E-state index contributed by atoms with van der Waals surface area (Å²) in [6.07, 6.45) is -4.58. The zero-order valence-electron chi connectivity index (χ0n) is 9.87. The van der Waals surface area contributed by atoms with Crippen LogP contribution in [-0.4, -0.2) is 42.3 Å². The molecule has 0 aromatic heterocycles. The molecule has 2 N–H and O–H groups in total. The molecule has 5 nitrogen and oxygen atoms in total. The topological polar surface area (TPSA) is 72.6 Å². The summed E-state index contributed by atoms with van der Waals surface area (Å²) in [7, 11) is 1.13. The van der Waals surface area contributed by atoms with Crippen LogP contribution < -0.4 is 5.73 Å². The number of rotatable bonds is 2. The molecule has 0 spiro atoms. The van der Waals surface area contributed by atoms with Crippen molar-refractivity contribution in [3.63, 3.8) is 0 Å². The van der Waals surface area contributed by atoms with Crippen LogP contribution >= 0.6 is 0 Å². The summed E-state index contributed by atoms with van der Waals surface area (Å²) < 4.78 is 41.4. The van der Waals surface area contributed by atoms with Gasteiger partial charge in [-0.2, -0.15) is 13.2 Å². The Balaban J connectivity index is 2.48. The summed E-state index contributed by atoms with van der Waals surface area (Å²) in [5.74, 6) is -1.85. The van der Waals surface area contributed by atoms with E-state index in [-0.39, 0.29) is 6.10 Å². The van der Waals surface area contributed by atoms with E-state index in [0.717, 1.165) is 7.05 Å². The third-order valence-corrected chi connectivity index (χ3v) is 3.04. The van der Waals surface area contributed by atoms with Gasteiger partial charge in [0, 0.05) is 13.1 Å². The van der Waals surface area contributed by atoms with Crippen molar-refractivity contribution in [3.8, 4) is 0 Å². The molecule has 0 atom stereocenters. The fourth-order valence-electron chi connectivity index (χ4n) is 2.08. The number of amides is 2. The maximum atomic E-state index is 12.2. The molecule has 2 amide bonds. The van der Waals surface area contributed by atoms with E-state index in [4.69, 9.17) is 10.5 Å². The van der Waals surface area contributed by atoms with E-state index in [2.05, 4.69) is 0 Å². The molecule has 0 aliphatic heterocycles. The third kappa shape index (κ3) is 3.78. The molecule has 1 fully saturated rings. The van der Waals surface area contributed by atoms with Gasteiger partial charge in [-0.3, -0.25) is 4.79 Å². The first kappa shape index (κ1) is 14.6. The highest BCUT2D eigenvalue weighted by molar-refractivity contribution is 5.81. The van der Waals surface area contributed by atoms with Crippen LogP contribution in [0, 0.1) is 0 Å². The lowest BCUT2D eigenvalue weighted by atomic mass is 9.92. The van der Waals surface area contributed by atoms with E-state index >= 15 is 0 Å². The normalized spacial score (nSPS) is 24.4. The Labute approximate surface area is 102 Å². The number of primary amides is 1. The second kappa shape index (κ2) is 5.45. The predicted octanol–water partition coefficient (Wildman–Crippen LogP) is 1.41. The van der Waals surface area contributed by atoms with Gasteiger partial charge in [0.25, 0.3) is 0 Å². The van der Waals surface area contributed by atoms with E-state index in [1.54, 1.807) is 0 Å². The largest absolute Gasteiger partial charge is 0.471 e. The number of hydrogen-bond acceptors (Lipinski definition) is 3. The van der Waals surface area contributed by atoms with Crippen LogP contribution in [0.5, 0.6) is 0 Å². The van der Waals surface area contributed by atoms with E-state index in [9.17, 15) is 22.8 Å². The molecule has 0 aromatic carbocycles. The van der Waals surface area contributed by atoms with Gasteiger partial charge in [0.2, 0.25) is 0 Å². The smallest absolute Gasteiger partial charge is 0.446 e. The van der Waals surface area contributed by atoms with Crippen LogP contribution in [-0.2, 0) is 9.53 Å². The Morgan fingerprint density at radius 1 is 1.22 bits per heavy atom. The minimum Gasteiger partial charge on any atom is -0.446 e. The molecule has 104 valence electrons. The lowest BCUT2D eigenvalue weighted by molar-refractivity contribution is -0.187. The van der Waals surface area contributed by atoms with Crippen molar-refractivity contribution in [2.45, 2.75) is 44.0 Å². The van der Waals surface area contributed by atoms with Gasteiger partial charge in [0.15, 0.2) is 0 Å². The number of alkyl halides is 3. The third-order valence-electron chi connectivity index (χ3n) is 3.04. The summed E-state index contributed by atoms with van der Waals surface area (Å²) in [6.45, 7) is 0. The summed E-state index contributed by atoms with van der Waals surface area (Å²) in [4.78, 5) is 22.2. The second-order valence-corrected chi connectivity index (χ2v) is 4.28. The Morgan fingerprint density at radius 2 is 1.72 bits per heavy atom. The number of nitrogens with two attached hydrogens (primary N) is 1. The van der Waals surface area contributed by atoms with Crippen molar-refractivity contribution in [3.05, 3.63) is 0 Å². The molecular weight excluding hydrogens is 253 g/mol. The SMILES string of the molecule is CN(C(=O)C(F)(F)F)C1CCC(OC(N)=O)CC1. The Hall–Kier alpha value is -1.47. The average Bonchev–Trinajstić information content (AvgIpc) is 2.26. The highest BCUT2D eigenvalue weighted by atomic mass is 19.4. The molecule has 1 aliphatic rings. The molecule has 1 saturated carbocycles. The quantitative estimate of drug-likeness (QED) is 0.823. The predicted molar refractivity (Wildman–Crippen MR) is 55.5 cm³/mol. The molecule has 0 radical (unpaired) electrons. The zero-order valence-corrected chi connectivity index (χ0v) is 9.87. The summed E-state index contributed by atoms with van der Waals surface area (Å²) in [5, 5.41) is 0.